The zero-order valence-electron chi connectivity index (χ0n) is 48.8. The van der Waals surface area contributed by atoms with E-state index in [1.54, 1.807) is 18.2 Å². The monoisotopic (exact) mass is 1190 g/mol. The maximum atomic E-state index is 9.53. The maximum absolute atomic E-state index is 9.53. The van der Waals surface area contributed by atoms with Crippen LogP contribution in [0.15, 0.2) is 283 Å². The zero-order valence-corrected chi connectivity index (χ0v) is 49.7. The van der Waals surface area contributed by atoms with E-state index in [1.807, 2.05) is 133 Å². The van der Waals surface area contributed by atoms with Crippen LogP contribution in [-0.2, 0) is 0 Å². The molecular formula is C80H46N10OS. The first-order chi connectivity index (χ1) is 45.5. The van der Waals surface area contributed by atoms with E-state index < -0.39 is 0 Å². The molecule has 6 heterocycles. The van der Waals surface area contributed by atoms with Crippen LogP contribution in [0.25, 0.3) is 165 Å². The van der Waals surface area contributed by atoms with Gasteiger partial charge in [-0.15, -0.1) is 11.3 Å². The molecule has 0 fully saturated rings. The van der Waals surface area contributed by atoms with Crippen molar-refractivity contribution in [3.63, 3.8) is 0 Å². The average molecular weight is 1200 g/mol. The summed E-state index contributed by atoms with van der Waals surface area (Å²) in [6.07, 6.45) is 0. The summed E-state index contributed by atoms with van der Waals surface area (Å²) in [6, 6.07) is 98.6. The van der Waals surface area contributed by atoms with E-state index in [9.17, 15) is 10.5 Å². The van der Waals surface area contributed by atoms with Crippen LogP contribution in [-0.4, -0.2) is 39.0 Å². The number of furan rings is 1. The van der Waals surface area contributed by atoms with Gasteiger partial charge in [0, 0.05) is 97.2 Å². The predicted octanol–water partition coefficient (Wildman–Crippen LogP) is 20.0. The normalized spacial score (nSPS) is 11.5. The molecule has 0 spiro atoms. The van der Waals surface area contributed by atoms with Gasteiger partial charge in [0.2, 0.25) is 0 Å². The molecule has 0 N–H and O–H groups in total. The van der Waals surface area contributed by atoms with Gasteiger partial charge in [0.25, 0.3) is 0 Å². The molecule has 0 bridgehead atoms. The van der Waals surface area contributed by atoms with E-state index in [0.29, 0.717) is 46.1 Å². The second-order valence-electron chi connectivity index (χ2n) is 22.5. The molecule has 428 valence electrons. The molecule has 11 nitrogen and oxygen atoms in total. The molecule has 12 aromatic carbocycles. The molecule has 0 saturated heterocycles. The van der Waals surface area contributed by atoms with Crippen LogP contribution in [0.1, 0.15) is 11.1 Å². The highest BCUT2D eigenvalue weighted by Gasteiger charge is 2.21. The number of hydrogen-bond acceptors (Lipinski definition) is 10. The van der Waals surface area contributed by atoms with Gasteiger partial charge in [-0.05, 0) is 109 Å². The summed E-state index contributed by atoms with van der Waals surface area (Å²) >= 11 is 1.84. The summed E-state index contributed by atoms with van der Waals surface area (Å²) in [5.41, 5.74) is 14.5. The Labute approximate surface area is 530 Å². The quantitative estimate of drug-likeness (QED) is 0.145. The lowest BCUT2D eigenvalue weighted by Gasteiger charge is -2.11. The van der Waals surface area contributed by atoms with Gasteiger partial charge in [0.05, 0.1) is 45.3 Å². The van der Waals surface area contributed by atoms with Gasteiger partial charge in [-0.3, -0.25) is 0 Å². The Balaban J connectivity index is 0.000000141. The molecule has 0 aliphatic carbocycles. The van der Waals surface area contributed by atoms with E-state index in [0.717, 1.165) is 99.5 Å². The van der Waals surface area contributed by atoms with Crippen molar-refractivity contribution in [2.24, 2.45) is 0 Å². The molecule has 12 heteroatoms. The number of hydrogen-bond donors (Lipinski definition) is 0. The molecule has 0 radical (unpaired) electrons. The number of nitrogens with zero attached hydrogens (tertiary/aromatic N) is 10. The molecule has 0 unspecified atom stereocenters. The lowest BCUT2D eigenvalue weighted by Crippen LogP contribution is -2.01. The van der Waals surface area contributed by atoms with Crippen LogP contribution in [0, 0.1) is 22.7 Å². The second-order valence-corrected chi connectivity index (χ2v) is 23.5. The molecule has 0 atom stereocenters. The summed E-state index contributed by atoms with van der Waals surface area (Å²) in [6.45, 7) is 0. The van der Waals surface area contributed by atoms with Crippen LogP contribution >= 0.6 is 11.3 Å². The number of benzene rings is 12. The van der Waals surface area contributed by atoms with E-state index in [1.165, 1.54) is 30.9 Å². The molecule has 0 aliphatic heterocycles. The Hall–Kier alpha value is -12.7. The molecule has 0 aliphatic rings. The largest absolute Gasteiger partial charge is 0.456 e. The molecule has 18 rings (SSSR count). The number of aromatic nitrogens is 8. The van der Waals surface area contributed by atoms with Crippen molar-refractivity contribution in [1.82, 2.24) is 39.0 Å². The smallest absolute Gasteiger partial charge is 0.164 e. The van der Waals surface area contributed by atoms with E-state index in [2.05, 4.69) is 161 Å². The number of thiophene rings is 1. The van der Waals surface area contributed by atoms with E-state index in [4.69, 9.17) is 34.3 Å². The Morgan fingerprint density at radius 3 is 1.27 bits per heavy atom. The molecular weight excluding hydrogens is 1150 g/mol. The van der Waals surface area contributed by atoms with Crippen molar-refractivity contribution in [3.05, 3.63) is 290 Å². The van der Waals surface area contributed by atoms with Crippen LogP contribution in [0.5, 0.6) is 0 Å². The highest BCUT2D eigenvalue weighted by atomic mass is 32.1. The number of para-hydroxylation sites is 3. The topological polar surface area (TPSA) is 148 Å². The first-order valence-electron chi connectivity index (χ1n) is 30.0. The standard InChI is InChI=1S/C40H23N5O.C40H23N5S/c41-24-25-10-8-13-27(20-25)39-42-38(26-11-2-1-3-12-26)43-40(44-39)28-14-9-15-29(21-28)45-34-18-6-4-16-30(34)32-23-37-33(22-35(32)45)31-17-5-7-19-36(31)46-37;41-24-25-17-19-27(20-18-25)39-42-38(26-9-2-1-3-10-26)43-40(44-39)28-11-8-12-29(21-28)45-34-15-6-4-13-30(34)32-23-37-33(22-35(32)45)31-14-5-7-16-36(31)46-37/h2*1-23H. The highest BCUT2D eigenvalue weighted by molar-refractivity contribution is 7.25. The summed E-state index contributed by atoms with van der Waals surface area (Å²) in [7, 11) is 0. The van der Waals surface area contributed by atoms with Crippen LogP contribution in [0.4, 0.5) is 0 Å². The molecule has 18 aromatic rings. The van der Waals surface area contributed by atoms with Crippen LogP contribution < -0.4 is 0 Å². The van der Waals surface area contributed by atoms with Crippen LogP contribution in [0.3, 0.4) is 0 Å². The second kappa shape index (κ2) is 22.1. The minimum Gasteiger partial charge on any atom is -0.456 e. The summed E-state index contributed by atoms with van der Waals surface area (Å²) in [5.74, 6) is 3.37. The number of nitriles is 2. The van der Waals surface area contributed by atoms with Gasteiger partial charge < -0.3 is 13.6 Å². The minimum atomic E-state index is 0.512. The zero-order chi connectivity index (χ0) is 61.2. The summed E-state index contributed by atoms with van der Waals surface area (Å²) < 4.78 is 13.5. The fourth-order valence-electron chi connectivity index (χ4n) is 12.6. The van der Waals surface area contributed by atoms with Gasteiger partial charge in [-0.25, -0.2) is 29.9 Å². The minimum absolute atomic E-state index is 0.512. The third-order valence-corrected chi connectivity index (χ3v) is 18.1. The lowest BCUT2D eigenvalue weighted by atomic mass is 10.1. The van der Waals surface area contributed by atoms with Crippen molar-refractivity contribution in [1.29, 1.82) is 10.5 Å². The van der Waals surface area contributed by atoms with Crippen molar-refractivity contribution in [2.75, 3.05) is 0 Å². The fraction of sp³-hybridized carbons (Fsp3) is 0. The van der Waals surface area contributed by atoms with Crippen molar-refractivity contribution in [2.45, 2.75) is 0 Å². The van der Waals surface area contributed by atoms with E-state index in [-0.39, 0.29) is 0 Å². The highest BCUT2D eigenvalue weighted by Crippen LogP contribution is 2.43. The Kier molecular flexibility index (Phi) is 12.9. The molecule has 0 saturated carbocycles. The first-order valence-corrected chi connectivity index (χ1v) is 30.8. The SMILES string of the molecule is N#Cc1ccc(-c2nc(-c3ccccc3)nc(-c3cccc(-n4c5ccccc5c5cc6sc7ccccc7c6cc54)c3)n2)cc1.N#Cc1cccc(-c2nc(-c3ccccc3)nc(-c3cccc(-n4c5ccccc5c5cc6oc7ccccc7c6cc54)c3)n2)c1. The van der Waals surface area contributed by atoms with E-state index >= 15 is 0 Å². The first kappa shape index (κ1) is 53.5. The van der Waals surface area contributed by atoms with Gasteiger partial charge in [-0.2, -0.15) is 10.5 Å². The Morgan fingerprint density at radius 1 is 0.272 bits per heavy atom. The van der Waals surface area contributed by atoms with Crippen molar-refractivity contribution in [3.8, 4) is 91.8 Å². The number of fused-ring (bicyclic) bond motifs is 12. The maximum Gasteiger partial charge on any atom is 0.164 e. The lowest BCUT2D eigenvalue weighted by molar-refractivity contribution is 0.669. The summed E-state index contributed by atoms with van der Waals surface area (Å²) in [5, 5.41) is 28.3. The molecule has 0 amide bonds. The van der Waals surface area contributed by atoms with Gasteiger partial charge in [-0.1, -0.05) is 170 Å². The third kappa shape index (κ3) is 9.35. The Morgan fingerprint density at radius 2 is 0.707 bits per heavy atom. The average Bonchev–Trinajstić information content (AvgIpc) is 1.59. The third-order valence-electron chi connectivity index (χ3n) is 16.9. The summed E-state index contributed by atoms with van der Waals surface area (Å²) in [4.78, 5) is 29.5. The number of rotatable bonds is 8. The van der Waals surface area contributed by atoms with Crippen molar-refractivity contribution < 1.29 is 4.42 Å². The van der Waals surface area contributed by atoms with Gasteiger partial charge in [0.15, 0.2) is 34.9 Å². The van der Waals surface area contributed by atoms with Gasteiger partial charge in [0.1, 0.15) is 11.2 Å². The molecule has 92 heavy (non-hydrogen) atoms. The van der Waals surface area contributed by atoms with Crippen LogP contribution in [0.2, 0.25) is 0 Å². The van der Waals surface area contributed by atoms with Gasteiger partial charge >= 0.3 is 0 Å². The predicted molar refractivity (Wildman–Crippen MR) is 371 cm³/mol. The fourth-order valence-corrected chi connectivity index (χ4v) is 13.7. The Bertz CT molecular complexity index is 6050. The van der Waals surface area contributed by atoms with Crippen molar-refractivity contribution >= 4 is 97.1 Å². The molecule has 6 aromatic heterocycles.